The summed E-state index contributed by atoms with van der Waals surface area (Å²) in [6, 6.07) is 7.29. The van der Waals surface area contributed by atoms with Crippen molar-refractivity contribution in [3.05, 3.63) is 41.7 Å². The summed E-state index contributed by atoms with van der Waals surface area (Å²) >= 11 is 0. The lowest BCUT2D eigenvalue weighted by Gasteiger charge is -2.18. The molecule has 6 nitrogen and oxygen atoms in total. The van der Waals surface area contributed by atoms with Crippen molar-refractivity contribution in [3.63, 3.8) is 0 Å². The zero-order chi connectivity index (χ0) is 16.4. The predicted octanol–water partition coefficient (Wildman–Crippen LogP) is 1.39. The molecule has 23 heavy (non-hydrogen) atoms. The van der Waals surface area contributed by atoms with Crippen molar-refractivity contribution in [3.8, 4) is 11.1 Å². The van der Waals surface area contributed by atoms with E-state index in [1.807, 2.05) is 37.3 Å². The number of amides is 1. The van der Waals surface area contributed by atoms with E-state index in [0.29, 0.717) is 17.4 Å². The smallest absolute Gasteiger partial charge is 0.248 e. The van der Waals surface area contributed by atoms with Gasteiger partial charge in [-0.25, -0.2) is 9.97 Å². The lowest BCUT2D eigenvalue weighted by molar-refractivity contribution is 0.100. The van der Waals surface area contributed by atoms with Crippen LogP contribution in [0, 0.1) is 0 Å². The molecule has 3 N–H and O–H groups in total. The van der Waals surface area contributed by atoms with Crippen molar-refractivity contribution in [2.45, 2.75) is 12.3 Å². The lowest BCUT2D eigenvalue weighted by atomic mass is 9.95. The summed E-state index contributed by atoms with van der Waals surface area (Å²) in [5.41, 5.74) is 8.88. The molecule has 1 aliphatic rings. The van der Waals surface area contributed by atoms with Crippen molar-refractivity contribution < 1.29 is 4.79 Å². The monoisotopic (exact) mass is 311 g/mol. The molecular weight excluding hydrogens is 290 g/mol. The molecule has 0 saturated carbocycles. The molecule has 1 aliphatic heterocycles. The standard InChI is InChI=1S/C17H21N5O/c1-22(2)17-20-10-14(15(21-17)13-7-8-19-9-13)11-3-5-12(6-4-11)16(18)23/h3-6,10,13,19H,7-9H2,1-2H3,(H2,18,23)/t13-/m1/s1. The zero-order valence-corrected chi connectivity index (χ0v) is 13.4. The number of carbonyl (C=O) groups is 1. The van der Waals surface area contributed by atoms with Crippen LogP contribution in [0.4, 0.5) is 5.95 Å². The summed E-state index contributed by atoms with van der Waals surface area (Å²) in [7, 11) is 3.88. The first kappa shape index (κ1) is 15.4. The largest absolute Gasteiger partial charge is 0.366 e. The normalized spacial score (nSPS) is 17.2. The number of primary amides is 1. The fourth-order valence-corrected chi connectivity index (χ4v) is 2.84. The first-order valence-corrected chi connectivity index (χ1v) is 7.71. The van der Waals surface area contributed by atoms with E-state index in [9.17, 15) is 4.79 Å². The number of aromatic nitrogens is 2. The average Bonchev–Trinajstić information content (AvgIpc) is 3.08. The lowest BCUT2D eigenvalue weighted by Crippen LogP contribution is -2.16. The number of nitrogens with two attached hydrogens (primary N) is 1. The third-order valence-electron chi connectivity index (χ3n) is 4.13. The molecular formula is C17H21N5O. The maximum absolute atomic E-state index is 11.2. The molecule has 0 spiro atoms. The van der Waals surface area contributed by atoms with E-state index in [-0.39, 0.29) is 0 Å². The van der Waals surface area contributed by atoms with Gasteiger partial charge in [-0.05, 0) is 30.7 Å². The molecule has 1 fully saturated rings. The number of benzene rings is 1. The molecule has 0 unspecified atom stereocenters. The van der Waals surface area contributed by atoms with Crippen molar-refractivity contribution in [2.24, 2.45) is 5.73 Å². The number of anilines is 1. The van der Waals surface area contributed by atoms with Crippen molar-refractivity contribution in [1.82, 2.24) is 15.3 Å². The Balaban J connectivity index is 2.04. The molecule has 1 saturated heterocycles. The first-order chi connectivity index (χ1) is 11.1. The molecule has 120 valence electrons. The summed E-state index contributed by atoms with van der Waals surface area (Å²) in [6.07, 6.45) is 2.94. The van der Waals surface area contributed by atoms with E-state index in [2.05, 4.69) is 10.3 Å². The summed E-state index contributed by atoms with van der Waals surface area (Å²) in [4.78, 5) is 22.4. The van der Waals surface area contributed by atoms with Crippen LogP contribution in [-0.4, -0.2) is 43.1 Å². The average molecular weight is 311 g/mol. The highest BCUT2D eigenvalue weighted by Gasteiger charge is 2.23. The third kappa shape index (κ3) is 3.17. The van der Waals surface area contributed by atoms with Gasteiger partial charge < -0.3 is 16.0 Å². The van der Waals surface area contributed by atoms with Crippen LogP contribution in [0.25, 0.3) is 11.1 Å². The van der Waals surface area contributed by atoms with Gasteiger partial charge in [-0.15, -0.1) is 0 Å². The van der Waals surface area contributed by atoms with Crippen LogP contribution < -0.4 is 16.0 Å². The molecule has 0 radical (unpaired) electrons. The maximum atomic E-state index is 11.2. The number of hydrogen-bond acceptors (Lipinski definition) is 5. The van der Waals surface area contributed by atoms with Gasteiger partial charge in [-0.1, -0.05) is 12.1 Å². The van der Waals surface area contributed by atoms with E-state index in [1.54, 1.807) is 12.1 Å². The van der Waals surface area contributed by atoms with E-state index in [0.717, 1.165) is 36.3 Å². The summed E-state index contributed by atoms with van der Waals surface area (Å²) in [6.45, 7) is 1.93. The number of nitrogens with one attached hydrogen (secondary N) is 1. The molecule has 0 aliphatic carbocycles. The summed E-state index contributed by atoms with van der Waals surface area (Å²) < 4.78 is 0. The molecule has 1 amide bonds. The number of carbonyl (C=O) groups excluding carboxylic acids is 1. The molecule has 6 heteroatoms. The fraction of sp³-hybridized carbons (Fsp3) is 0.353. The number of rotatable bonds is 4. The Morgan fingerprint density at radius 2 is 2.04 bits per heavy atom. The van der Waals surface area contributed by atoms with Gasteiger partial charge in [0.25, 0.3) is 0 Å². The van der Waals surface area contributed by atoms with Gasteiger partial charge in [0, 0.05) is 43.9 Å². The van der Waals surface area contributed by atoms with Crippen LogP contribution in [0.15, 0.2) is 30.5 Å². The quantitative estimate of drug-likeness (QED) is 0.891. The molecule has 0 bridgehead atoms. The Morgan fingerprint density at radius 1 is 1.30 bits per heavy atom. The minimum atomic E-state index is -0.420. The second-order valence-electron chi connectivity index (χ2n) is 5.99. The van der Waals surface area contributed by atoms with Crippen LogP contribution in [0.1, 0.15) is 28.4 Å². The second kappa shape index (κ2) is 6.34. The van der Waals surface area contributed by atoms with Crippen molar-refractivity contribution in [1.29, 1.82) is 0 Å². The topological polar surface area (TPSA) is 84.1 Å². The SMILES string of the molecule is CN(C)c1ncc(-c2ccc(C(N)=O)cc2)c([C@@H]2CCNC2)n1. The van der Waals surface area contributed by atoms with Crippen LogP contribution >= 0.6 is 0 Å². The Morgan fingerprint density at radius 3 is 2.61 bits per heavy atom. The second-order valence-corrected chi connectivity index (χ2v) is 5.99. The van der Waals surface area contributed by atoms with Gasteiger partial charge in [0.05, 0.1) is 5.69 Å². The fourth-order valence-electron chi connectivity index (χ4n) is 2.84. The Hall–Kier alpha value is -2.47. The number of nitrogens with zero attached hydrogens (tertiary/aromatic N) is 3. The number of hydrogen-bond donors (Lipinski definition) is 2. The molecule has 2 aromatic rings. The third-order valence-corrected chi connectivity index (χ3v) is 4.13. The van der Waals surface area contributed by atoms with Crippen LogP contribution in [0.3, 0.4) is 0 Å². The minimum Gasteiger partial charge on any atom is -0.366 e. The van der Waals surface area contributed by atoms with Gasteiger partial charge in [-0.3, -0.25) is 4.79 Å². The van der Waals surface area contributed by atoms with E-state index in [1.165, 1.54) is 0 Å². The highest BCUT2D eigenvalue weighted by atomic mass is 16.1. The van der Waals surface area contributed by atoms with Gasteiger partial charge in [0.2, 0.25) is 11.9 Å². The summed E-state index contributed by atoms with van der Waals surface area (Å²) in [5.74, 6) is 0.669. The van der Waals surface area contributed by atoms with E-state index >= 15 is 0 Å². The molecule has 1 aromatic heterocycles. The summed E-state index contributed by atoms with van der Waals surface area (Å²) in [5, 5.41) is 3.39. The Bertz CT molecular complexity index is 705. The van der Waals surface area contributed by atoms with Gasteiger partial charge in [-0.2, -0.15) is 0 Å². The molecule has 3 rings (SSSR count). The minimum absolute atomic E-state index is 0.377. The van der Waals surface area contributed by atoms with Crippen LogP contribution in [0.5, 0.6) is 0 Å². The van der Waals surface area contributed by atoms with E-state index < -0.39 is 5.91 Å². The Labute approximate surface area is 135 Å². The Kier molecular flexibility index (Phi) is 4.25. The first-order valence-electron chi connectivity index (χ1n) is 7.71. The predicted molar refractivity (Wildman–Crippen MR) is 90.5 cm³/mol. The molecule has 2 heterocycles. The zero-order valence-electron chi connectivity index (χ0n) is 13.4. The van der Waals surface area contributed by atoms with Crippen molar-refractivity contribution >= 4 is 11.9 Å². The van der Waals surface area contributed by atoms with Gasteiger partial charge >= 0.3 is 0 Å². The molecule has 1 atom stereocenters. The van der Waals surface area contributed by atoms with E-state index in [4.69, 9.17) is 10.7 Å². The highest BCUT2D eigenvalue weighted by molar-refractivity contribution is 5.93. The van der Waals surface area contributed by atoms with Crippen LogP contribution in [0.2, 0.25) is 0 Å². The molecule has 1 aromatic carbocycles. The van der Waals surface area contributed by atoms with Crippen molar-refractivity contribution in [2.75, 3.05) is 32.1 Å². The van der Waals surface area contributed by atoms with Gasteiger partial charge in [0.1, 0.15) is 0 Å². The highest BCUT2D eigenvalue weighted by Crippen LogP contribution is 2.31. The maximum Gasteiger partial charge on any atom is 0.248 e. The van der Waals surface area contributed by atoms with Gasteiger partial charge in [0.15, 0.2) is 0 Å². The van der Waals surface area contributed by atoms with Crippen LogP contribution in [-0.2, 0) is 0 Å².